The first-order valence-electron chi connectivity index (χ1n) is 4.66. The van der Waals surface area contributed by atoms with Crippen LogP contribution in [0.15, 0.2) is 31.4 Å². The van der Waals surface area contributed by atoms with Gasteiger partial charge in [0.25, 0.3) is 0 Å². The lowest BCUT2D eigenvalue weighted by molar-refractivity contribution is -0.134. The second-order valence-electron chi connectivity index (χ2n) is 3.24. The standard InChI is InChI=1S/C13H14O2/c1-5-12-7-6-8-13(9(12)2)10(3)15-11(4)14/h5-8H,1,3H2,2,4H3. The number of rotatable bonds is 3. The van der Waals surface area contributed by atoms with Gasteiger partial charge in [-0.1, -0.05) is 37.4 Å². The summed E-state index contributed by atoms with van der Waals surface area (Å²) in [7, 11) is 0. The monoisotopic (exact) mass is 202 g/mol. The first-order chi connectivity index (χ1) is 7.06. The van der Waals surface area contributed by atoms with Crippen LogP contribution in [0.3, 0.4) is 0 Å². The van der Waals surface area contributed by atoms with E-state index in [4.69, 9.17) is 4.74 Å². The number of carbonyl (C=O) groups excluding carboxylic acids is 1. The van der Waals surface area contributed by atoms with E-state index in [-0.39, 0.29) is 5.97 Å². The van der Waals surface area contributed by atoms with Crippen molar-refractivity contribution in [2.45, 2.75) is 13.8 Å². The Morgan fingerprint density at radius 1 is 1.47 bits per heavy atom. The molecule has 1 aromatic carbocycles. The largest absolute Gasteiger partial charge is 0.427 e. The number of carbonyl (C=O) groups is 1. The topological polar surface area (TPSA) is 26.3 Å². The SMILES string of the molecule is C=Cc1cccc(C(=C)OC(C)=O)c1C. The molecule has 0 saturated carbocycles. The van der Waals surface area contributed by atoms with Crippen molar-refractivity contribution in [3.05, 3.63) is 48.0 Å². The van der Waals surface area contributed by atoms with Gasteiger partial charge in [0.2, 0.25) is 0 Å². The molecule has 0 atom stereocenters. The highest BCUT2D eigenvalue weighted by atomic mass is 16.5. The zero-order valence-corrected chi connectivity index (χ0v) is 9.04. The van der Waals surface area contributed by atoms with Gasteiger partial charge < -0.3 is 4.74 Å². The highest BCUT2D eigenvalue weighted by Crippen LogP contribution is 2.22. The molecule has 0 unspecified atom stereocenters. The predicted octanol–water partition coefficient (Wildman–Crippen LogP) is 3.17. The van der Waals surface area contributed by atoms with Crippen LogP contribution in [-0.4, -0.2) is 5.97 Å². The van der Waals surface area contributed by atoms with Crippen molar-refractivity contribution >= 4 is 17.8 Å². The van der Waals surface area contributed by atoms with Gasteiger partial charge in [0.15, 0.2) is 0 Å². The van der Waals surface area contributed by atoms with E-state index in [2.05, 4.69) is 13.2 Å². The van der Waals surface area contributed by atoms with Crippen LogP contribution in [-0.2, 0) is 9.53 Å². The van der Waals surface area contributed by atoms with Crippen LogP contribution in [0, 0.1) is 6.92 Å². The molecule has 0 heterocycles. The molecule has 0 bridgehead atoms. The van der Waals surface area contributed by atoms with Crippen molar-refractivity contribution in [1.82, 2.24) is 0 Å². The Morgan fingerprint density at radius 3 is 2.67 bits per heavy atom. The highest BCUT2D eigenvalue weighted by molar-refractivity contribution is 5.77. The molecule has 2 heteroatoms. The minimum atomic E-state index is -0.358. The van der Waals surface area contributed by atoms with E-state index in [1.807, 2.05) is 25.1 Å². The second kappa shape index (κ2) is 4.60. The summed E-state index contributed by atoms with van der Waals surface area (Å²) in [6, 6.07) is 5.70. The molecule has 1 rings (SSSR count). The van der Waals surface area contributed by atoms with Crippen molar-refractivity contribution in [2.24, 2.45) is 0 Å². The molecule has 0 spiro atoms. The fraction of sp³-hybridized carbons (Fsp3) is 0.154. The van der Waals surface area contributed by atoms with E-state index >= 15 is 0 Å². The van der Waals surface area contributed by atoms with E-state index in [1.165, 1.54) is 6.92 Å². The summed E-state index contributed by atoms with van der Waals surface area (Å²) in [4.78, 5) is 10.8. The van der Waals surface area contributed by atoms with Gasteiger partial charge in [0.1, 0.15) is 5.76 Å². The van der Waals surface area contributed by atoms with Crippen molar-refractivity contribution in [3.63, 3.8) is 0 Å². The molecular weight excluding hydrogens is 188 g/mol. The minimum absolute atomic E-state index is 0.358. The number of benzene rings is 1. The molecule has 15 heavy (non-hydrogen) atoms. The van der Waals surface area contributed by atoms with Crippen LogP contribution in [0.2, 0.25) is 0 Å². The van der Waals surface area contributed by atoms with Crippen LogP contribution in [0.5, 0.6) is 0 Å². The fourth-order valence-corrected chi connectivity index (χ4v) is 1.41. The first-order valence-corrected chi connectivity index (χ1v) is 4.66. The number of ether oxygens (including phenoxy) is 1. The van der Waals surface area contributed by atoms with Gasteiger partial charge in [0.05, 0.1) is 0 Å². The molecule has 1 aromatic rings. The highest BCUT2D eigenvalue weighted by Gasteiger charge is 2.07. The molecule has 78 valence electrons. The molecule has 0 saturated heterocycles. The number of esters is 1. The maximum atomic E-state index is 10.8. The normalized spacial score (nSPS) is 9.47. The fourth-order valence-electron chi connectivity index (χ4n) is 1.41. The molecule has 0 radical (unpaired) electrons. The van der Waals surface area contributed by atoms with Crippen molar-refractivity contribution < 1.29 is 9.53 Å². The van der Waals surface area contributed by atoms with Crippen LogP contribution in [0.1, 0.15) is 23.6 Å². The first kappa shape index (κ1) is 11.2. The lowest BCUT2D eigenvalue weighted by Crippen LogP contribution is -1.99. The molecule has 0 aliphatic carbocycles. The molecule has 2 nitrogen and oxygen atoms in total. The molecule has 0 aliphatic rings. The average molecular weight is 202 g/mol. The van der Waals surface area contributed by atoms with Crippen LogP contribution < -0.4 is 0 Å². The molecule has 0 aliphatic heterocycles. The van der Waals surface area contributed by atoms with E-state index in [0.29, 0.717) is 5.76 Å². The summed E-state index contributed by atoms with van der Waals surface area (Å²) in [6.45, 7) is 10.7. The summed E-state index contributed by atoms with van der Waals surface area (Å²) in [5, 5.41) is 0. The molecule has 0 aromatic heterocycles. The molecule has 0 fully saturated rings. The summed E-state index contributed by atoms with van der Waals surface area (Å²) >= 11 is 0. The summed E-state index contributed by atoms with van der Waals surface area (Å²) < 4.78 is 4.95. The molecule has 0 amide bonds. The van der Waals surface area contributed by atoms with Gasteiger partial charge >= 0.3 is 5.97 Å². The molecule has 0 N–H and O–H groups in total. The van der Waals surface area contributed by atoms with Gasteiger partial charge in [-0.15, -0.1) is 0 Å². The van der Waals surface area contributed by atoms with Crippen molar-refractivity contribution in [1.29, 1.82) is 0 Å². The Morgan fingerprint density at radius 2 is 2.13 bits per heavy atom. The predicted molar refractivity (Wildman–Crippen MR) is 62.1 cm³/mol. The van der Waals surface area contributed by atoms with Crippen LogP contribution in [0.4, 0.5) is 0 Å². The molecular formula is C13H14O2. The van der Waals surface area contributed by atoms with E-state index < -0.39 is 0 Å². The Hall–Kier alpha value is -1.83. The zero-order chi connectivity index (χ0) is 11.4. The minimum Gasteiger partial charge on any atom is -0.427 e. The smallest absolute Gasteiger partial charge is 0.308 e. The van der Waals surface area contributed by atoms with Crippen LogP contribution in [0.25, 0.3) is 11.8 Å². The quantitative estimate of drug-likeness (QED) is 0.556. The Bertz CT molecular complexity index is 417. The summed E-state index contributed by atoms with van der Waals surface area (Å²) in [5.41, 5.74) is 2.86. The van der Waals surface area contributed by atoms with Crippen molar-refractivity contribution in [3.8, 4) is 0 Å². The van der Waals surface area contributed by atoms with E-state index in [1.54, 1.807) is 6.08 Å². The Kier molecular flexibility index (Phi) is 3.45. The summed E-state index contributed by atoms with van der Waals surface area (Å²) in [6.07, 6.45) is 1.76. The maximum Gasteiger partial charge on any atom is 0.308 e. The third kappa shape index (κ3) is 2.56. The lowest BCUT2D eigenvalue weighted by Gasteiger charge is -2.10. The van der Waals surface area contributed by atoms with Gasteiger partial charge in [-0.2, -0.15) is 0 Å². The van der Waals surface area contributed by atoms with E-state index in [9.17, 15) is 4.79 Å². The second-order valence-corrected chi connectivity index (χ2v) is 3.24. The summed E-state index contributed by atoms with van der Waals surface area (Å²) in [5.74, 6) is 0.0205. The zero-order valence-electron chi connectivity index (χ0n) is 9.04. The maximum absolute atomic E-state index is 10.8. The number of hydrogen-bond donors (Lipinski definition) is 0. The van der Waals surface area contributed by atoms with Crippen molar-refractivity contribution in [2.75, 3.05) is 0 Å². The average Bonchev–Trinajstić information content (AvgIpc) is 2.17. The lowest BCUT2D eigenvalue weighted by atomic mass is 10.0. The van der Waals surface area contributed by atoms with E-state index in [0.717, 1.165) is 16.7 Å². The van der Waals surface area contributed by atoms with Gasteiger partial charge in [0, 0.05) is 12.5 Å². The van der Waals surface area contributed by atoms with Crippen LogP contribution >= 0.6 is 0 Å². The Labute approximate surface area is 89.9 Å². The van der Waals surface area contributed by atoms with Gasteiger partial charge in [-0.25, -0.2) is 0 Å². The third-order valence-corrected chi connectivity index (χ3v) is 2.16. The third-order valence-electron chi connectivity index (χ3n) is 2.16. The van der Waals surface area contributed by atoms with Gasteiger partial charge in [-0.3, -0.25) is 4.79 Å². The Balaban J connectivity index is 3.09. The number of hydrogen-bond acceptors (Lipinski definition) is 2. The van der Waals surface area contributed by atoms with Gasteiger partial charge in [-0.05, 0) is 18.1 Å².